The second kappa shape index (κ2) is 11.3. The van der Waals surface area contributed by atoms with Crippen LogP contribution in [0.4, 0.5) is 37.7 Å². The molecule has 2 N–H and O–H groups in total. The highest BCUT2D eigenvalue weighted by atomic mass is 19.4. The Morgan fingerprint density at radius 3 is 1.50 bits per heavy atom. The molecule has 48 heavy (non-hydrogen) atoms. The number of nitrogens with one attached hydrogen (secondary N) is 2. The SMILES string of the molecule is FC(F)(F)c1cc2cc(-c3ccc4c(c3)N(CCN3CCOCC3)c3cc(-c5ccc6[nH]c(C(F)(F)F)cc6c5)ccc3O4)ccc2[nH]1. The fourth-order valence-corrected chi connectivity index (χ4v) is 6.47. The molecule has 0 spiro atoms. The predicted octanol–water partition coefficient (Wildman–Crippen LogP) is 9.60. The van der Waals surface area contributed by atoms with Crippen molar-refractivity contribution < 1.29 is 35.8 Å². The lowest BCUT2D eigenvalue weighted by Gasteiger charge is -2.36. The fraction of sp³-hybridized carbons (Fsp3) is 0.222. The van der Waals surface area contributed by atoms with Crippen molar-refractivity contribution in [3.8, 4) is 33.8 Å². The molecule has 8 rings (SSSR count). The highest BCUT2D eigenvalue weighted by Gasteiger charge is 2.34. The molecule has 6 aromatic rings. The predicted molar refractivity (Wildman–Crippen MR) is 172 cm³/mol. The first kappa shape index (κ1) is 30.4. The number of anilines is 2. The number of rotatable bonds is 5. The molecule has 0 bridgehead atoms. The van der Waals surface area contributed by atoms with Crippen molar-refractivity contribution in [3.63, 3.8) is 0 Å². The minimum atomic E-state index is -4.48. The van der Waals surface area contributed by atoms with Gasteiger partial charge in [-0.05, 0) is 82.9 Å². The van der Waals surface area contributed by atoms with E-state index in [9.17, 15) is 26.3 Å². The summed E-state index contributed by atoms with van der Waals surface area (Å²) in [6.07, 6.45) is -8.95. The number of halogens is 6. The van der Waals surface area contributed by atoms with Gasteiger partial charge in [0.2, 0.25) is 0 Å². The minimum Gasteiger partial charge on any atom is -0.453 e. The second-order valence-electron chi connectivity index (χ2n) is 12.0. The van der Waals surface area contributed by atoms with Crippen LogP contribution in [0.1, 0.15) is 11.4 Å². The number of hydrogen-bond acceptors (Lipinski definition) is 4. The Balaban J connectivity index is 1.18. The molecule has 0 saturated carbocycles. The largest absolute Gasteiger partial charge is 0.453 e. The Kier molecular flexibility index (Phi) is 7.18. The molecule has 2 aliphatic heterocycles. The Morgan fingerprint density at radius 1 is 0.562 bits per heavy atom. The summed E-state index contributed by atoms with van der Waals surface area (Å²) in [6, 6.07) is 24.0. The van der Waals surface area contributed by atoms with Crippen molar-refractivity contribution in [2.24, 2.45) is 0 Å². The van der Waals surface area contributed by atoms with Gasteiger partial charge in [-0.2, -0.15) is 26.3 Å². The molecule has 0 atom stereocenters. The first-order valence-electron chi connectivity index (χ1n) is 15.4. The van der Waals surface area contributed by atoms with E-state index in [4.69, 9.17) is 9.47 Å². The van der Waals surface area contributed by atoms with Gasteiger partial charge < -0.3 is 24.3 Å². The van der Waals surface area contributed by atoms with Crippen molar-refractivity contribution in [1.82, 2.24) is 14.9 Å². The van der Waals surface area contributed by atoms with Gasteiger partial charge in [0.1, 0.15) is 11.4 Å². The van der Waals surface area contributed by atoms with Crippen LogP contribution in [0.3, 0.4) is 0 Å². The summed E-state index contributed by atoms with van der Waals surface area (Å²) in [5.41, 5.74) is 3.91. The number of H-pyrrole nitrogens is 2. The zero-order valence-electron chi connectivity index (χ0n) is 25.3. The normalized spacial score (nSPS) is 15.5. The lowest BCUT2D eigenvalue weighted by Crippen LogP contribution is -2.41. The number of ether oxygens (including phenoxy) is 2. The molecular weight excluding hydrogens is 634 g/mol. The third-order valence-corrected chi connectivity index (χ3v) is 8.98. The molecular formula is C36H28F6N4O2. The number of aromatic amines is 2. The molecule has 6 nitrogen and oxygen atoms in total. The van der Waals surface area contributed by atoms with Crippen LogP contribution in [-0.2, 0) is 17.1 Å². The summed E-state index contributed by atoms with van der Waals surface area (Å²) in [5, 5.41) is 0.907. The van der Waals surface area contributed by atoms with E-state index < -0.39 is 23.7 Å². The van der Waals surface area contributed by atoms with Crippen molar-refractivity contribution in [1.29, 1.82) is 0 Å². The first-order valence-corrected chi connectivity index (χ1v) is 15.4. The summed E-state index contributed by atoms with van der Waals surface area (Å²) in [6.45, 7) is 4.25. The van der Waals surface area contributed by atoms with E-state index in [2.05, 4.69) is 19.8 Å². The van der Waals surface area contributed by atoms with Crippen LogP contribution < -0.4 is 9.64 Å². The molecule has 0 amide bonds. The first-order chi connectivity index (χ1) is 23.0. The number of fused-ring (bicyclic) bond motifs is 4. The summed E-state index contributed by atoms with van der Waals surface area (Å²) < 4.78 is 92.0. The molecule has 4 heterocycles. The maximum atomic E-state index is 13.4. The molecule has 0 radical (unpaired) electrons. The van der Waals surface area contributed by atoms with Crippen LogP contribution in [-0.4, -0.2) is 54.3 Å². The van der Waals surface area contributed by atoms with Gasteiger partial charge in [0.15, 0.2) is 11.5 Å². The van der Waals surface area contributed by atoms with Gasteiger partial charge in [0, 0.05) is 48.0 Å². The number of nitrogens with zero attached hydrogens (tertiary/aromatic N) is 2. The molecule has 0 aliphatic carbocycles. The summed E-state index contributed by atoms with van der Waals surface area (Å²) in [4.78, 5) is 9.39. The molecule has 4 aromatic carbocycles. The number of benzene rings is 4. The fourth-order valence-electron chi connectivity index (χ4n) is 6.47. The Labute approximate surface area is 270 Å². The van der Waals surface area contributed by atoms with Crippen LogP contribution in [0.15, 0.2) is 84.9 Å². The molecule has 2 aromatic heterocycles. The van der Waals surface area contributed by atoms with Crippen molar-refractivity contribution in [3.05, 3.63) is 96.3 Å². The van der Waals surface area contributed by atoms with Crippen LogP contribution in [0.5, 0.6) is 11.5 Å². The van der Waals surface area contributed by atoms with Crippen LogP contribution >= 0.6 is 0 Å². The zero-order valence-corrected chi connectivity index (χ0v) is 25.3. The highest BCUT2D eigenvalue weighted by Crippen LogP contribution is 2.49. The quantitative estimate of drug-likeness (QED) is 0.181. The van der Waals surface area contributed by atoms with Crippen molar-refractivity contribution >= 4 is 33.2 Å². The standard InChI is InChI=1S/C36H28F6N4O2/c37-35(38,39)33-19-25-15-21(1-5-27(25)43-33)23-3-7-31-29(17-23)46(10-9-45-11-13-47-14-12-45)30-18-24(4-8-32(30)48-31)22-2-6-28-26(16-22)20-34(44-28)36(40,41)42/h1-8,15-20,43-44H,9-14H2. The van der Waals surface area contributed by atoms with E-state index in [1.807, 2.05) is 36.4 Å². The van der Waals surface area contributed by atoms with Gasteiger partial charge >= 0.3 is 12.4 Å². The molecule has 1 fully saturated rings. The molecule has 246 valence electrons. The number of alkyl halides is 6. The van der Waals surface area contributed by atoms with E-state index in [1.165, 1.54) is 0 Å². The van der Waals surface area contributed by atoms with Gasteiger partial charge in [-0.25, -0.2) is 0 Å². The lowest BCUT2D eigenvalue weighted by atomic mass is 10.00. The number of morpholine rings is 1. The van der Waals surface area contributed by atoms with Crippen molar-refractivity contribution in [2.45, 2.75) is 12.4 Å². The third kappa shape index (κ3) is 5.64. The van der Waals surface area contributed by atoms with Crippen molar-refractivity contribution in [2.75, 3.05) is 44.3 Å². The average molecular weight is 663 g/mol. The van der Waals surface area contributed by atoms with Gasteiger partial charge in [-0.3, -0.25) is 4.90 Å². The molecule has 0 unspecified atom stereocenters. The van der Waals surface area contributed by atoms with Crippen LogP contribution in [0.25, 0.3) is 44.1 Å². The lowest BCUT2D eigenvalue weighted by molar-refractivity contribution is -0.141. The van der Waals surface area contributed by atoms with E-state index in [0.717, 1.165) is 65.4 Å². The second-order valence-corrected chi connectivity index (χ2v) is 12.0. The monoisotopic (exact) mass is 662 g/mol. The molecule has 12 heteroatoms. The Hall–Kier alpha value is -4.94. The van der Waals surface area contributed by atoms with Crippen LogP contribution in [0.2, 0.25) is 0 Å². The number of aromatic nitrogens is 2. The van der Waals surface area contributed by atoms with E-state index in [1.54, 1.807) is 36.4 Å². The van der Waals surface area contributed by atoms with Crippen LogP contribution in [0, 0.1) is 0 Å². The Morgan fingerprint density at radius 2 is 1.02 bits per heavy atom. The van der Waals surface area contributed by atoms with Gasteiger partial charge in [0.05, 0.1) is 24.6 Å². The van der Waals surface area contributed by atoms with Gasteiger partial charge in [-0.15, -0.1) is 0 Å². The van der Waals surface area contributed by atoms with E-state index in [-0.39, 0.29) is 0 Å². The van der Waals surface area contributed by atoms with E-state index in [0.29, 0.717) is 53.1 Å². The summed E-state index contributed by atoms with van der Waals surface area (Å²) in [5.74, 6) is 1.27. The smallest absolute Gasteiger partial charge is 0.431 e. The third-order valence-electron chi connectivity index (χ3n) is 8.98. The maximum Gasteiger partial charge on any atom is 0.431 e. The highest BCUT2D eigenvalue weighted by molar-refractivity contribution is 5.90. The van der Waals surface area contributed by atoms with Gasteiger partial charge in [0.25, 0.3) is 0 Å². The summed E-state index contributed by atoms with van der Waals surface area (Å²) in [7, 11) is 0. The minimum absolute atomic E-state index is 0.397. The van der Waals surface area contributed by atoms with E-state index >= 15 is 0 Å². The molecule has 1 saturated heterocycles. The molecule has 2 aliphatic rings. The Bertz CT molecular complexity index is 2020. The number of hydrogen-bond donors (Lipinski definition) is 2. The summed E-state index contributed by atoms with van der Waals surface area (Å²) >= 11 is 0. The topological polar surface area (TPSA) is 56.5 Å². The zero-order chi connectivity index (χ0) is 33.2. The maximum absolute atomic E-state index is 13.4. The van der Waals surface area contributed by atoms with Gasteiger partial charge in [-0.1, -0.05) is 24.3 Å². The average Bonchev–Trinajstić information content (AvgIpc) is 3.71.